The fourth-order valence-electron chi connectivity index (χ4n) is 2.96. The van der Waals surface area contributed by atoms with Gasteiger partial charge in [0.2, 0.25) is 0 Å². The number of benzene rings is 1. The van der Waals surface area contributed by atoms with Crippen LogP contribution in [-0.2, 0) is 12.8 Å². The third-order valence-corrected chi connectivity index (χ3v) is 4.02. The highest BCUT2D eigenvalue weighted by molar-refractivity contribution is 5.67. The van der Waals surface area contributed by atoms with Crippen molar-refractivity contribution in [2.45, 2.75) is 25.7 Å². The molecule has 22 heavy (non-hydrogen) atoms. The number of hydrogen-bond acceptors (Lipinski definition) is 4. The normalized spacial score (nSPS) is 13.2. The number of nitrogens with zero attached hydrogens (tertiary/aromatic N) is 2. The fraction of sp³-hybridized carbons (Fsp3) is 0.250. The van der Waals surface area contributed by atoms with Gasteiger partial charge in [0.05, 0.1) is 10.6 Å². The molecular weight excluding hydrogens is 282 g/mol. The summed E-state index contributed by atoms with van der Waals surface area (Å²) in [4.78, 5) is 25.2. The second-order valence-corrected chi connectivity index (χ2v) is 5.28. The average Bonchev–Trinajstić information content (AvgIpc) is 2.54. The topological polar surface area (TPSA) is 99.8 Å². The van der Waals surface area contributed by atoms with E-state index in [-0.39, 0.29) is 11.3 Å². The van der Waals surface area contributed by atoms with Gasteiger partial charge in [-0.15, -0.1) is 0 Å². The molecule has 1 N–H and O–H groups in total. The number of nitriles is 1. The third-order valence-electron chi connectivity index (χ3n) is 4.02. The summed E-state index contributed by atoms with van der Waals surface area (Å²) in [7, 11) is 0. The number of fused-ring (bicyclic) bond motifs is 1. The van der Waals surface area contributed by atoms with Gasteiger partial charge in [-0.25, -0.2) is 0 Å². The molecule has 0 amide bonds. The van der Waals surface area contributed by atoms with E-state index < -0.39 is 10.5 Å². The molecule has 0 saturated heterocycles. The summed E-state index contributed by atoms with van der Waals surface area (Å²) in [5, 5.41) is 19.9. The van der Waals surface area contributed by atoms with E-state index in [1.165, 1.54) is 12.1 Å². The number of nitrogens with one attached hydrogen (secondary N) is 1. The monoisotopic (exact) mass is 295 g/mol. The number of rotatable bonds is 2. The summed E-state index contributed by atoms with van der Waals surface area (Å²) >= 11 is 0. The predicted octanol–water partition coefficient (Wildman–Crippen LogP) is 2.70. The zero-order valence-electron chi connectivity index (χ0n) is 11.8. The standard InChI is InChI=1S/C16H13N3O3/c17-9-14-12-3-1-2-4-13(12)15(18-16(14)20)10-5-7-11(8-6-10)19(21)22/h5-8H,1-4H2,(H,18,20). The van der Waals surface area contributed by atoms with Gasteiger partial charge in [-0.3, -0.25) is 14.9 Å². The Bertz CT molecular complexity index is 845. The van der Waals surface area contributed by atoms with Crippen molar-refractivity contribution >= 4 is 5.69 Å². The Kier molecular flexibility index (Phi) is 3.47. The van der Waals surface area contributed by atoms with Crippen LogP contribution >= 0.6 is 0 Å². The number of H-pyrrole nitrogens is 1. The maximum absolute atomic E-state index is 12.1. The van der Waals surface area contributed by atoms with Crippen molar-refractivity contribution in [3.63, 3.8) is 0 Å². The molecule has 1 aliphatic rings. The smallest absolute Gasteiger partial charge is 0.269 e. The quantitative estimate of drug-likeness (QED) is 0.680. The summed E-state index contributed by atoms with van der Waals surface area (Å²) in [6, 6.07) is 8.09. The van der Waals surface area contributed by atoms with Crippen LogP contribution in [0.1, 0.15) is 29.5 Å². The highest BCUT2D eigenvalue weighted by atomic mass is 16.6. The van der Waals surface area contributed by atoms with Gasteiger partial charge in [0.15, 0.2) is 0 Å². The highest BCUT2D eigenvalue weighted by Crippen LogP contribution is 2.31. The molecule has 3 rings (SSSR count). The molecule has 1 aromatic heterocycles. The lowest BCUT2D eigenvalue weighted by Gasteiger charge is -2.20. The van der Waals surface area contributed by atoms with Gasteiger partial charge in [-0.2, -0.15) is 5.26 Å². The molecule has 1 heterocycles. The van der Waals surface area contributed by atoms with E-state index in [9.17, 15) is 20.2 Å². The summed E-state index contributed by atoms with van der Waals surface area (Å²) < 4.78 is 0. The van der Waals surface area contributed by atoms with Gasteiger partial charge in [0.1, 0.15) is 11.6 Å². The average molecular weight is 295 g/mol. The molecule has 0 saturated carbocycles. The number of non-ortho nitro benzene ring substituents is 1. The summed E-state index contributed by atoms with van der Waals surface area (Å²) in [5.41, 5.74) is 3.02. The van der Waals surface area contributed by atoms with Crippen LogP contribution < -0.4 is 5.56 Å². The Morgan fingerprint density at radius 3 is 2.36 bits per heavy atom. The second kappa shape index (κ2) is 5.45. The Morgan fingerprint density at radius 1 is 1.14 bits per heavy atom. The Morgan fingerprint density at radius 2 is 1.77 bits per heavy atom. The Balaban J connectivity index is 2.19. The molecule has 0 bridgehead atoms. The SMILES string of the molecule is N#Cc1c2c(c(-c3ccc([N+](=O)[O-])cc3)[nH]c1=O)CCCC2. The molecule has 0 radical (unpaired) electrons. The summed E-state index contributed by atoms with van der Waals surface area (Å²) in [6.07, 6.45) is 3.49. The van der Waals surface area contributed by atoms with Crippen LogP contribution in [0, 0.1) is 21.4 Å². The molecule has 0 atom stereocenters. The number of hydrogen-bond donors (Lipinski definition) is 1. The Hall–Kier alpha value is -2.94. The summed E-state index contributed by atoms with van der Waals surface area (Å²) in [6.45, 7) is 0. The lowest BCUT2D eigenvalue weighted by molar-refractivity contribution is -0.384. The second-order valence-electron chi connectivity index (χ2n) is 5.28. The van der Waals surface area contributed by atoms with Crippen LogP contribution in [0.25, 0.3) is 11.3 Å². The van der Waals surface area contributed by atoms with E-state index >= 15 is 0 Å². The van der Waals surface area contributed by atoms with Gasteiger partial charge >= 0.3 is 0 Å². The van der Waals surface area contributed by atoms with E-state index in [4.69, 9.17) is 0 Å². The number of pyridine rings is 1. The fourth-order valence-corrected chi connectivity index (χ4v) is 2.96. The van der Waals surface area contributed by atoms with Crippen LogP contribution in [0.4, 0.5) is 5.69 Å². The first-order valence-corrected chi connectivity index (χ1v) is 7.04. The third kappa shape index (κ3) is 2.27. The van der Waals surface area contributed by atoms with Crippen molar-refractivity contribution in [3.05, 3.63) is 61.4 Å². The van der Waals surface area contributed by atoms with Crippen LogP contribution in [0.15, 0.2) is 29.1 Å². The first kappa shape index (κ1) is 14.0. The first-order valence-electron chi connectivity index (χ1n) is 7.04. The van der Waals surface area contributed by atoms with Gasteiger partial charge in [0, 0.05) is 12.1 Å². The zero-order chi connectivity index (χ0) is 15.7. The van der Waals surface area contributed by atoms with Gasteiger partial charge in [0.25, 0.3) is 11.2 Å². The highest BCUT2D eigenvalue weighted by Gasteiger charge is 2.21. The van der Waals surface area contributed by atoms with Gasteiger partial charge in [-0.1, -0.05) is 0 Å². The van der Waals surface area contributed by atoms with E-state index in [1.54, 1.807) is 12.1 Å². The van der Waals surface area contributed by atoms with Gasteiger partial charge in [-0.05, 0) is 54.5 Å². The van der Waals surface area contributed by atoms with E-state index in [0.29, 0.717) is 5.69 Å². The van der Waals surface area contributed by atoms with Crippen molar-refractivity contribution in [1.82, 2.24) is 4.98 Å². The molecule has 0 spiro atoms. The molecule has 0 aliphatic heterocycles. The predicted molar refractivity (Wildman–Crippen MR) is 80.5 cm³/mol. The lowest BCUT2D eigenvalue weighted by Crippen LogP contribution is -2.20. The molecular formula is C16H13N3O3. The minimum atomic E-state index is -0.458. The molecule has 6 nitrogen and oxygen atoms in total. The van der Waals surface area contributed by atoms with Crippen molar-refractivity contribution < 1.29 is 4.92 Å². The Labute approximate surface area is 126 Å². The van der Waals surface area contributed by atoms with Crippen LogP contribution in [0.5, 0.6) is 0 Å². The molecule has 0 unspecified atom stereocenters. The lowest BCUT2D eigenvalue weighted by atomic mass is 9.86. The maximum atomic E-state index is 12.1. The van der Waals surface area contributed by atoms with E-state index in [1.807, 2.05) is 6.07 Å². The van der Waals surface area contributed by atoms with E-state index in [2.05, 4.69) is 4.98 Å². The van der Waals surface area contributed by atoms with Crippen molar-refractivity contribution in [2.24, 2.45) is 0 Å². The van der Waals surface area contributed by atoms with E-state index in [0.717, 1.165) is 42.4 Å². The molecule has 1 aromatic carbocycles. The van der Waals surface area contributed by atoms with Crippen LogP contribution in [-0.4, -0.2) is 9.91 Å². The zero-order valence-corrected chi connectivity index (χ0v) is 11.8. The van der Waals surface area contributed by atoms with Crippen molar-refractivity contribution in [3.8, 4) is 17.3 Å². The molecule has 1 aliphatic carbocycles. The van der Waals surface area contributed by atoms with Gasteiger partial charge < -0.3 is 4.98 Å². The number of aromatic nitrogens is 1. The largest absolute Gasteiger partial charge is 0.321 e. The minimum absolute atomic E-state index is 0.00797. The summed E-state index contributed by atoms with van der Waals surface area (Å²) in [5.74, 6) is 0. The molecule has 110 valence electrons. The molecule has 0 fully saturated rings. The minimum Gasteiger partial charge on any atom is -0.321 e. The maximum Gasteiger partial charge on any atom is 0.269 e. The van der Waals surface area contributed by atoms with Crippen LogP contribution in [0.3, 0.4) is 0 Å². The molecule has 2 aromatic rings. The molecule has 6 heteroatoms. The number of aromatic amines is 1. The number of nitro benzene ring substituents is 1. The first-order chi connectivity index (χ1) is 10.6. The number of nitro groups is 1. The van der Waals surface area contributed by atoms with Crippen LogP contribution in [0.2, 0.25) is 0 Å². The van der Waals surface area contributed by atoms with Crippen molar-refractivity contribution in [1.29, 1.82) is 5.26 Å². The van der Waals surface area contributed by atoms with Crippen molar-refractivity contribution in [2.75, 3.05) is 0 Å².